The summed E-state index contributed by atoms with van der Waals surface area (Å²) < 4.78 is 39.6. The van der Waals surface area contributed by atoms with Gasteiger partial charge in [-0.1, -0.05) is 0 Å². The van der Waals surface area contributed by atoms with Crippen LogP contribution in [0.15, 0.2) is 17.1 Å². The molecule has 0 amide bonds. The molecule has 1 atom stereocenters. The fraction of sp³-hybridized carbons (Fsp3) is 0.571. The van der Waals surface area contributed by atoms with Crippen LogP contribution in [-0.4, -0.2) is 16.3 Å². The van der Waals surface area contributed by atoms with E-state index in [1.165, 1.54) is 0 Å². The number of hydrogen-bond acceptors (Lipinski definition) is 3. The molecule has 1 aromatic heterocycles. The minimum absolute atomic E-state index is 0.129. The Morgan fingerprint density at radius 2 is 2.23 bits per heavy atom. The van der Waals surface area contributed by atoms with Crippen molar-refractivity contribution in [2.24, 2.45) is 0 Å². The second-order valence-corrected chi connectivity index (χ2v) is 2.58. The third kappa shape index (κ3) is 3.45. The van der Waals surface area contributed by atoms with Gasteiger partial charge in [-0.25, -0.2) is 4.98 Å². The van der Waals surface area contributed by atoms with Gasteiger partial charge in [0.25, 0.3) is 0 Å². The minimum atomic E-state index is -4.25. The van der Waals surface area contributed by atoms with Gasteiger partial charge < -0.3 is 9.52 Å². The van der Waals surface area contributed by atoms with Gasteiger partial charge in [0.1, 0.15) is 12.0 Å². The van der Waals surface area contributed by atoms with Crippen molar-refractivity contribution in [2.45, 2.75) is 25.1 Å². The van der Waals surface area contributed by atoms with Crippen LogP contribution in [0.5, 0.6) is 0 Å². The summed E-state index contributed by atoms with van der Waals surface area (Å²) in [5.41, 5.74) is 0.129. The van der Waals surface area contributed by atoms with E-state index in [4.69, 9.17) is 5.11 Å². The molecule has 0 aromatic carbocycles. The summed E-state index contributed by atoms with van der Waals surface area (Å²) in [5, 5.41) is 9.15. The fourth-order valence-electron chi connectivity index (χ4n) is 0.835. The number of aliphatic hydroxyl groups excluding tert-OH is 1. The first kappa shape index (κ1) is 10.0. The highest BCUT2D eigenvalue weighted by molar-refractivity contribution is 4.95. The molecule has 0 bridgehead atoms. The number of aliphatic hydroxyl groups is 1. The first-order chi connectivity index (χ1) is 5.99. The molecule has 1 heterocycles. The van der Waals surface area contributed by atoms with Crippen molar-refractivity contribution in [3.05, 3.63) is 18.4 Å². The maximum absolute atomic E-state index is 11.7. The summed E-state index contributed by atoms with van der Waals surface area (Å²) in [4.78, 5) is 3.53. The maximum atomic E-state index is 11.7. The van der Waals surface area contributed by atoms with E-state index in [-0.39, 0.29) is 5.69 Å². The number of aromatic nitrogens is 1. The Balaban J connectivity index is 2.39. The Morgan fingerprint density at radius 3 is 2.69 bits per heavy atom. The van der Waals surface area contributed by atoms with Crippen molar-refractivity contribution in [1.82, 2.24) is 4.98 Å². The van der Waals surface area contributed by atoms with E-state index in [1.54, 1.807) is 0 Å². The van der Waals surface area contributed by atoms with E-state index in [1.807, 2.05) is 0 Å². The predicted molar refractivity (Wildman–Crippen MR) is 36.8 cm³/mol. The van der Waals surface area contributed by atoms with E-state index in [0.29, 0.717) is 0 Å². The predicted octanol–water partition coefficient (Wildman–Crippen LogP) is 2.05. The topological polar surface area (TPSA) is 46.3 Å². The van der Waals surface area contributed by atoms with Gasteiger partial charge in [-0.15, -0.1) is 0 Å². The Bertz CT molecular complexity index is 245. The average Bonchev–Trinajstić information content (AvgIpc) is 2.50. The highest BCUT2D eigenvalue weighted by Gasteiger charge is 2.28. The maximum Gasteiger partial charge on any atom is 0.389 e. The Labute approximate surface area is 72.2 Å². The molecule has 1 unspecified atom stereocenters. The zero-order valence-corrected chi connectivity index (χ0v) is 6.58. The molecule has 0 radical (unpaired) electrons. The standard InChI is InChI=1S/C7H8F3NO2/c8-7(9,10)2-1-6(12)5-3-13-4-11-5/h3-4,6,12H,1-2H2. The van der Waals surface area contributed by atoms with Crippen LogP contribution in [0.4, 0.5) is 13.2 Å². The molecule has 13 heavy (non-hydrogen) atoms. The molecule has 1 rings (SSSR count). The van der Waals surface area contributed by atoms with Crippen LogP contribution in [-0.2, 0) is 0 Å². The summed E-state index contributed by atoms with van der Waals surface area (Å²) in [5.74, 6) is 0. The zero-order valence-electron chi connectivity index (χ0n) is 6.58. The van der Waals surface area contributed by atoms with E-state index >= 15 is 0 Å². The Morgan fingerprint density at radius 1 is 1.54 bits per heavy atom. The monoisotopic (exact) mass is 195 g/mol. The number of oxazole rings is 1. The van der Waals surface area contributed by atoms with Crippen molar-refractivity contribution >= 4 is 0 Å². The van der Waals surface area contributed by atoms with Gasteiger partial charge in [-0.05, 0) is 6.42 Å². The molecule has 0 fully saturated rings. The van der Waals surface area contributed by atoms with Crippen LogP contribution in [0.1, 0.15) is 24.6 Å². The number of alkyl halides is 3. The number of rotatable bonds is 3. The summed E-state index contributed by atoms with van der Waals surface area (Å²) in [7, 11) is 0. The molecule has 0 aliphatic heterocycles. The van der Waals surface area contributed by atoms with Gasteiger partial charge in [0.2, 0.25) is 0 Å². The first-order valence-electron chi connectivity index (χ1n) is 3.62. The zero-order chi connectivity index (χ0) is 9.90. The lowest BCUT2D eigenvalue weighted by Crippen LogP contribution is -2.10. The molecule has 0 aliphatic carbocycles. The van der Waals surface area contributed by atoms with E-state index in [2.05, 4.69) is 9.40 Å². The SMILES string of the molecule is OC(CCC(F)(F)F)c1cocn1. The lowest BCUT2D eigenvalue weighted by atomic mass is 10.1. The molecule has 6 heteroatoms. The molecule has 1 aromatic rings. The molecular formula is C7H8F3NO2. The minimum Gasteiger partial charge on any atom is -0.451 e. The molecule has 0 saturated carbocycles. The number of halogens is 3. The molecule has 0 spiro atoms. The number of hydrogen-bond donors (Lipinski definition) is 1. The van der Waals surface area contributed by atoms with Crippen LogP contribution in [0, 0.1) is 0 Å². The molecule has 74 valence electrons. The number of nitrogens with zero attached hydrogens (tertiary/aromatic N) is 1. The van der Waals surface area contributed by atoms with Gasteiger partial charge >= 0.3 is 6.18 Å². The van der Waals surface area contributed by atoms with Crippen LogP contribution in [0.25, 0.3) is 0 Å². The summed E-state index contributed by atoms with van der Waals surface area (Å²) in [6.45, 7) is 0. The van der Waals surface area contributed by atoms with Crippen molar-refractivity contribution in [3.63, 3.8) is 0 Å². The van der Waals surface area contributed by atoms with Crippen LogP contribution in [0.2, 0.25) is 0 Å². The summed E-state index contributed by atoms with van der Waals surface area (Å²) >= 11 is 0. The van der Waals surface area contributed by atoms with Crippen molar-refractivity contribution in [1.29, 1.82) is 0 Å². The lowest BCUT2D eigenvalue weighted by Gasteiger charge is -2.09. The smallest absolute Gasteiger partial charge is 0.389 e. The van der Waals surface area contributed by atoms with Gasteiger partial charge in [-0.2, -0.15) is 13.2 Å². The third-order valence-electron chi connectivity index (χ3n) is 1.49. The molecule has 0 saturated heterocycles. The van der Waals surface area contributed by atoms with Gasteiger partial charge in [-0.3, -0.25) is 0 Å². The van der Waals surface area contributed by atoms with Crippen LogP contribution >= 0.6 is 0 Å². The van der Waals surface area contributed by atoms with E-state index < -0.39 is 25.1 Å². The second kappa shape index (κ2) is 3.78. The Kier molecular flexibility index (Phi) is 2.92. The van der Waals surface area contributed by atoms with Gasteiger partial charge in [0, 0.05) is 6.42 Å². The van der Waals surface area contributed by atoms with E-state index in [0.717, 1.165) is 12.7 Å². The Hall–Kier alpha value is -1.04. The van der Waals surface area contributed by atoms with Crippen molar-refractivity contribution in [3.8, 4) is 0 Å². The highest BCUT2D eigenvalue weighted by atomic mass is 19.4. The highest BCUT2D eigenvalue weighted by Crippen LogP contribution is 2.26. The lowest BCUT2D eigenvalue weighted by molar-refractivity contribution is -0.140. The van der Waals surface area contributed by atoms with Gasteiger partial charge in [0.15, 0.2) is 6.39 Å². The van der Waals surface area contributed by atoms with Crippen molar-refractivity contribution < 1.29 is 22.7 Å². The molecule has 0 aliphatic rings. The van der Waals surface area contributed by atoms with Crippen molar-refractivity contribution in [2.75, 3.05) is 0 Å². The molecule has 3 nitrogen and oxygen atoms in total. The molecule has 1 N–H and O–H groups in total. The largest absolute Gasteiger partial charge is 0.451 e. The fourth-order valence-corrected chi connectivity index (χ4v) is 0.835. The first-order valence-corrected chi connectivity index (χ1v) is 3.62. The normalized spacial score (nSPS) is 14.5. The molecular weight excluding hydrogens is 187 g/mol. The van der Waals surface area contributed by atoms with Crippen LogP contribution in [0.3, 0.4) is 0 Å². The summed E-state index contributed by atoms with van der Waals surface area (Å²) in [6, 6.07) is 0. The van der Waals surface area contributed by atoms with Crippen LogP contribution < -0.4 is 0 Å². The average molecular weight is 195 g/mol. The third-order valence-corrected chi connectivity index (χ3v) is 1.49. The second-order valence-electron chi connectivity index (χ2n) is 2.58. The quantitative estimate of drug-likeness (QED) is 0.802. The van der Waals surface area contributed by atoms with Gasteiger partial charge in [0.05, 0.1) is 6.10 Å². The summed E-state index contributed by atoms with van der Waals surface area (Å²) in [6.07, 6.45) is -4.69. The van der Waals surface area contributed by atoms with E-state index in [9.17, 15) is 13.2 Å².